The van der Waals surface area contributed by atoms with Crippen molar-refractivity contribution in [3.8, 4) is 0 Å². The van der Waals surface area contributed by atoms with E-state index in [1.54, 1.807) is 6.92 Å². The molecule has 108 valence electrons. The fraction of sp³-hybridized carbons (Fsp3) is 0.0714. The highest BCUT2D eigenvalue weighted by Crippen LogP contribution is 2.25. The van der Waals surface area contributed by atoms with Crippen molar-refractivity contribution in [1.82, 2.24) is 0 Å². The Balaban J connectivity index is 2.37. The van der Waals surface area contributed by atoms with Crippen LogP contribution < -0.4 is 5.32 Å². The molecule has 0 aliphatic rings. The molecule has 0 aliphatic carbocycles. The summed E-state index contributed by atoms with van der Waals surface area (Å²) in [4.78, 5) is 22.4. The number of nitrogens with zero attached hydrogens (tertiary/aromatic N) is 1. The fourth-order valence-electron chi connectivity index (χ4n) is 1.77. The Hall–Kier alpha value is -2.47. The van der Waals surface area contributed by atoms with Gasteiger partial charge in [0.2, 0.25) is 0 Å². The van der Waals surface area contributed by atoms with Crippen LogP contribution in [-0.2, 0) is 0 Å². The third kappa shape index (κ3) is 3.35. The molecule has 0 saturated heterocycles. The monoisotopic (exact) mass is 308 g/mol. The Morgan fingerprint density at radius 3 is 2.67 bits per heavy atom. The van der Waals surface area contributed by atoms with Crippen molar-refractivity contribution in [3.05, 3.63) is 68.5 Å². The zero-order valence-corrected chi connectivity index (χ0v) is 11.6. The molecule has 2 aromatic rings. The van der Waals surface area contributed by atoms with Gasteiger partial charge in [-0.3, -0.25) is 14.9 Å². The number of carbonyl (C=O) groups is 1. The molecule has 21 heavy (non-hydrogen) atoms. The molecule has 0 aliphatic heterocycles. The first-order chi connectivity index (χ1) is 9.88. The van der Waals surface area contributed by atoms with Gasteiger partial charge in [0, 0.05) is 16.8 Å². The van der Waals surface area contributed by atoms with Crippen molar-refractivity contribution in [2.75, 3.05) is 5.32 Å². The Kier molecular flexibility index (Phi) is 4.18. The summed E-state index contributed by atoms with van der Waals surface area (Å²) in [7, 11) is 0. The van der Waals surface area contributed by atoms with Crippen LogP contribution in [0.5, 0.6) is 0 Å². The van der Waals surface area contributed by atoms with Crippen molar-refractivity contribution in [3.63, 3.8) is 0 Å². The van der Waals surface area contributed by atoms with Crippen molar-refractivity contribution >= 4 is 28.9 Å². The quantitative estimate of drug-likeness (QED) is 0.689. The second-order valence-electron chi connectivity index (χ2n) is 4.33. The molecular weight excluding hydrogens is 299 g/mol. The Morgan fingerprint density at radius 2 is 2.00 bits per heavy atom. The van der Waals surface area contributed by atoms with Gasteiger partial charge < -0.3 is 5.32 Å². The number of hydrogen-bond acceptors (Lipinski definition) is 3. The molecule has 2 rings (SSSR count). The lowest BCUT2D eigenvalue weighted by Gasteiger charge is -2.09. The predicted octanol–water partition coefficient (Wildman–Crippen LogP) is 3.95. The summed E-state index contributed by atoms with van der Waals surface area (Å²) < 4.78 is 13.2. The molecule has 2 aromatic carbocycles. The van der Waals surface area contributed by atoms with E-state index in [1.807, 2.05) is 0 Å². The third-order valence-corrected chi connectivity index (χ3v) is 3.08. The van der Waals surface area contributed by atoms with Crippen LogP contribution in [0.2, 0.25) is 5.02 Å². The molecule has 7 heteroatoms. The summed E-state index contributed by atoms with van der Waals surface area (Å²) in [6.45, 7) is 1.69. The van der Waals surface area contributed by atoms with Gasteiger partial charge in [0.05, 0.1) is 4.92 Å². The van der Waals surface area contributed by atoms with Gasteiger partial charge in [-0.15, -0.1) is 0 Å². The summed E-state index contributed by atoms with van der Waals surface area (Å²) in [5, 5.41) is 13.6. The van der Waals surface area contributed by atoms with Crippen LogP contribution in [0.15, 0.2) is 36.4 Å². The molecule has 1 N–H and O–H groups in total. The minimum Gasteiger partial charge on any atom is -0.321 e. The molecule has 0 atom stereocenters. The van der Waals surface area contributed by atoms with Crippen LogP contribution in [0.3, 0.4) is 0 Å². The highest BCUT2D eigenvalue weighted by Gasteiger charge is 2.21. The number of hydrogen-bond donors (Lipinski definition) is 1. The SMILES string of the molecule is Cc1ccc(F)cc1NC(=O)c1ccc(Cl)cc1[N+](=O)[O-]. The number of nitrogens with one attached hydrogen (secondary N) is 1. The van der Waals surface area contributed by atoms with Gasteiger partial charge in [-0.2, -0.15) is 0 Å². The van der Waals surface area contributed by atoms with E-state index < -0.39 is 22.3 Å². The average molecular weight is 309 g/mol. The summed E-state index contributed by atoms with van der Waals surface area (Å²) in [6, 6.07) is 7.63. The number of halogens is 2. The van der Waals surface area contributed by atoms with E-state index >= 15 is 0 Å². The number of benzene rings is 2. The maximum Gasteiger partial charge on any atom is 0.283 e. The van der Waals surface area contributed by atoms with Crippen LogP contribution in [0.25, 0.3) is 0 Å². The van der Waals surface area contributed by atoms with Crippen LogP contribution >= 0.6 is 11.6 Å². The summed E-state index contributed by atoms with van der Waals surface area (Å²) in [6.07, 6.45) is 0. The molecule has 0 spiro atoms. The average Bonchev–Trinajstić information content (AvgIpc) is 2.42. The second kappa shape index (κ2) is 5.88. The number of rotatable bonds is 3. The first kappa shape index (κ1) is 14.9. The van der Waals surface area contributed by atoms with E-state index in [1.165, 1.54) is 24.3 Å². The highest BCUT2D eigenvalue weighted by molar-refractivity contribution is 6.31. The smallest absolute Gasteiger partial charge is 0.283 e. The van der Waals surface area contributed by atoms with Gasteiger partial charge in [-0.1, -0.05) is 17.7 Å². The molecule has 0 radical (unpaired) electrons. The summed E-state index contributed by atoms with van der Waals surface area (Å²) in [5.74, 6) is -1.21. The molecule has 0 heterocycles. The normalized spacial score (nSPS) is 10.2. The van der Waals surface area contributed by atoms with E-state index in [4.69, 9.17) is 11.6 Å². The maximum absolute atomic E-state index is 13.2. The maximum atomic E-state index is 13.2. The van der Waals surface area contributed by atoms with Gasteiger partial charge in [0.25, 0.3) is 11.6 Å². The minimum absolute atomic E-state index is 0.145. The number of carbonyl (C=O) groups excluding carboxylic acids is 1. The molecular formula is C14H10ClFN2O3. The van der Waals surface area contributed by atoms with Crippen LogP contribution in [0.4, 0.5) is 15.8 Å². The second-order valence-corrected chi connectivity index (χ2v) is 4.77. The molecule has 0 aromatic heterocycles. The van der Waals surface area contributed by atoms with Crippen molar-refractivity contribution in [2.24, 2.45) is 0 Å². The third-order valence-electron chi connectivity index (χ3n) is 2.85. The van der Waals surface area contributed by atoms with Crippen molar-refractivity contribution in [2.45, 2.75) is 6.92 Å². The highest BCUT2D eigenvalue weighted by atomic mass is 35.5. The number of anilines is 1. The molecule has 0 fully saturated rings. The molecule has 0 unspecified atom stereocenters. The minimum atomic E-state index is -0.702. The lowest BCUT2D eigenvalue weighted by molar-refractivity contribution is -0.385. The van der Waals surface area contributed by atoms with E-state index in [2.05, 4.69) is 5.32 Å². The molecule has 5 nitrogen and oxygen atoms in total. The Morgan fingerprint density at radius 1 is 1.29 bits per heavy atom. The van der Waals surface area contributed by atoms with Crippen LogP contribution in [-0.4, -0.2) is 10.8 Å². The standard InChI is InChI=1S/C14H10ClFN2O3/c1-8-2-4-10(16)7-12(8)17-14(19)11-5-3-9(15)6-13(11)18(20)21/h2-7H,1H3,(H,17,19). The first-order valence-corrected chi connectivity index (χ1v) is 6.27. The molecule has 0 saturated carbocycles. The first-order valence-electron chi connectivity index (χ1n) is 5.90. The number of nitro groups is 1. The lowest BCUT2D eigenvalue weighted by atomic mass is 10.1. The van der Waals surface area contributed by atoms with E-state index in [0.717, 1.165) is 12.1 Å². The van der Waals surface area contributed by atoms with Crippen LogP contribution in [0, 0.1) is 22.9 Å². The van der Waals surface area contributed by atoms with Crippen molar-refractivity contribution in [1.29, 1.82) is 0 Å². The van der Waals surface area contributed by atoms with Gasteiger partial charge >= 0.3 is 0 Å². The number of aryl methyl sites for hydroxylation is 1. The van der Waals surface area contributed by atoms with E-state index in [9.17, 15) is 19.3 Å². The van der Waals surface area contributed by atoms with Gasteiger partial charge in [-0.25, -0.2) is 4.39 Å². The van der Waals surface area contributed by atoms with Crippen LogP contribution in [0.1, 0.15) is 15.9 Å². The Labute approximate surface area is 124 Å². The van der Waals surface area contributed by atoms with Gasteiger partial charge in [0.1, 0.15) is 11.4 Å². The molecule has 1 amide bonds. The summed E-state index contributed by atoms with van der Waals surface area (Å²) >= 11 is 5.69. The summed E-state index contributed by atoms with van der Waals surface area (Å²) in [5.41, 5.74) is 0.340. The van der Waals surface area contributed by atoms with Gasteiger partial charge in [-0.05, 0) is 36.8 Å². The fourth-order valence-corrected chi connectivity index (χ4v) is 1.93. The lowest BCUT2D eigenvalue weighted by Crippen LogP contribution is -2.14. The zero-order chi connectivity index (χ0) is 15.6. The largest absolute Gasteiger partial charge is 0.321 e. The number of nitro benzene ring substituents is 1. The van der Waals surface area contributed by atoms with Gasteiger partial charge in [0.15, 0.2) is 0 Å². The number of amides is 1. The van der Waals surface area contributed by atoms with E-state index in [0.29, 0.717) is 5.56 Å². The Bertz CT molecular complexity index is 734. The van der Waals surface area contributed by atoms with E-state index in [-0.39, 0.29) is 16.3 Å². The molecule has 0 bridgehead atoms. The predicted molar refractivity (Wildman–Crippen MR) is 77.2 cm³/mol. The van der Waals surface area contributed by atoms with Crippen molar-refractivity contribution < 1.29 is 14.1 Å². The topological polar surface area (TPSA) is 72.2 Å². The zero-order valence-electron chi connectivity index (χ0n) is 10.9.